The van der Waals surface area contributed by atoms with Crippen LogP contribution in [0.2, 0.25) is 10.0 Å². The van der Waals surface area contributed by atoms with Gasteiger partial charge in [0.2, 0.25) is 0 Å². The minimum atomic E-state index is -1.06. The fourth-order valence-electron chi connectivity index (χ4n) is 3.93. The van der Waals surface area contributed by atoms with Crippen molar-refractivity contribution in [3.8, 4) is 28.0 Å². The average molecular weight is 518 g/mol. The summed E-state index contributed by atoms with van der Waals surface area (Å²) in [4.78, 5) is 23.9. The zero-order valence-corrected chi connectivity index (χ0v) is 19.9. The summed E-state index contributed by atoms with van der Waals surface area (Å²) < 4.78 is 0. The molecule has 36 heavy (non-hydrogen) atoms. The van der Waals surface area contributed by atoms with Crippen LogP contribution in [-0.2, 0) is 4.79 Å². The lowest BCUT2D eigenvalue weighted by Gasteiger charge is -2.10. The van der Waals surface area contributed by atoms with Crippen molar-refractivity contribution in [1.29, 1.82) is 0 Å². The Hall–Kier alpha value is -4.33. The fourth-order valence-corrected chi connectivity index (χ4v) is 4.22. The Labute approximate surface area is 215 Å². The van der Waals surface area contributed by atoms with Gasteiger partial charge in [-0.15, -0.1) is 0 Å². The first kappa shape index (κ1) is 23.4. The van der Waals surface area contributed by atoms with E-state index >= 15 is 0 Å². The van der Waals surface area contributed by atoms with Crippen molar-refractivity contribution in [2.75, 3.05) is 10.7 Å². The third kappa shape index (κ3) is 4.37. The van der Waals surface area contributed by atoms with Crippen molar-refractivity contribution < 1.29 is 19.8 Å². The van der Waals surface area contributed by atoms with Crippen LogP contribution in [0.3, 0.4) is 0 Å². The zero-order valence-electron chi connectivity index (χ0n) is 18.4. The topological polar surface area (TPSA) is 111 Å². The Morgan fingerprint density at radius 2 is 1.58 bits per heavy atom. The minimum absolute atomic E-state index is 0.102. The third-order valence-electron chi connectivity index (χ3n) is 5.74. The smallest absolute Gasteiger partial charge is 0.335 e. The monoisotopic (exact) mass is 517 g/mol. The second-order valence-electron chi connectivity index (χ2n) is 8.00. The van der Waals surface area contributed by atoms with Crippen LogP contribution in [0.1, 0.15) is 15.9 Å². The number of halogens is 2. The van der Waals surface area contributed by atoms with Gasteiger partial charge in [0.25, 0.3) is 5.91 Å². The van der Waals surface area contributed by atoms with Gasteiger partial charge in [-0.1, -0.05) is 59.6 Å². The molecule has 4 aromatic carbocycles. The van der Waals surface area contributed by atoms with Gasteiger partial charge in [0, 0.05) is 11.1 Å². The molecular weight excluding hydrogens is 501 g/mol. The first-order valence-electron chi connectivity index (χ1n) is 10.7. The molecule has 0 aliphatic carbocycles. The normalized spacial score (nSPS) is 13.4. The molecule has 7 nitrogen and oxygen atoms in total. The molecule has 5 rings (SSSR count). The number of amides is 1. The van der Waals surface area contributed by atoms with E-state index in [0.717, 1.165) is 11.1 Å². The quantitative estimate of drug-likeness (QED) is 0.178. The van der Waals surface area contributed by atoms with E-state index in [4.69, 9.17) is 23.2 Å². The molecule has 0 radical (unpaired) electrons. The Morgan fingerprint density at radius 1 is 0.833 bits per heavy atom. The maximum Gasteiger partial charge on any atom is 0.335 e. The number of carbonyl (C=O) groups excluding carboxylic acids is 1. The predicted molar refractivity (Wildman–Crippen MR) is 141 cm³/mol. The summed E-state index contributed by atoms with van der Waals surface area (Å²) in [6, 6.07) is 21.9. The number of nitrogens with one attached hydrogen (secondary N) is 2. The highest BCUT2D eigenvalue weighted by molar-refractivity contribution is 6.54. The van der Waals surface area contributed by atoms with Crippen molar-refractivity contribution in [3.05, 3.63) is 100 Å². The molecule has 0 fully saturated rings. The van der Waals surface area contributed by atoms with E-state index in [-0.39, 0.29) is 22.7 Å². The highest BCUT2D eigenvalue weighted by Gasteiger charge is 2.27. The van der Waals surface area contributed by atoms with Crippen molar-refractivity contribution in [2.45, 2.75) is 0 Å². The van der Waals surface area contributed by atoms with E-state index in [1.165, 1.54) is 12.1 Å². The van der Waals surface area contributed by atoms with E-state index in [2.05, 4.69) is 15.8 Å². The van der Waals surface area contributed by atoms with Crippen LogP contribution in [0.4, 0.5) is 11.4 Å². The van der Waals surface area contributed by atoms with Gasteiger partial charge in [-0.2, -0.15) is 5.10 Å². The number of anilines is 2. The maximum atomic E-state index is 12.6. The number of benzene rings is 4. The maximum absolute atomic E-state index is 12.6. The molecule has 4 N–H and O–H groups in total. The number of nitrogens with zero attached hydrogens (tertiary/aromatic N) is 1. The number of carboxylic acids is 1. The van der Waals surface area contributed by atoms with Gasteiger partial charge >= 0.3 is 5.97 Å². The first-order valence-corrected chi connectivity index (χ1v) is 11.5. The Balaban J connectivity index is 1.44. The number of hydrogen-bond donors (Lipinski definition) is 4. The molecule has 9 heteroatoms. The highest BCUT2D eigenvalue weighted by Crippen LogP contribution is 2.37. The van der Waals surface area contributed by atoms with E-state index in [1.807, 2.05) is 18.2 Å². The zero-order chi connectivity index (χ0) is 25.4. The molecular formula is C27H17Cl2N3O4. The number of carbonyl (C=O) groups is 2. The Bertz CT molecular complexity index is 1580. The molecule has 4 aromatic rings. The van der Waals surface area contributed by atoms with Gasteiger partial charge in [0.05, 0.1) is 27.0 Å². The van der Waals surface area contributed by atoms with E-state index in [1.54, 1.807) is 48.5 Å². The lowest BCUT2D eigenvalue weighted by atomic mass is 10.0. The standard InChI is InChI=1S/C27H17Cl2N3O4/c28-20-10-8-14(12-21(20)29)15-7-9-19-23(13-15)30-26(34)24(19)32-31-22-6-2-5-18(25(22)33)16-3-1-4-17(11-16)27(35)36/h1-13,31,33H,(H,35,36)(H,30,32,34). The SMILES string of the molecule is O=C1Nc2cc(-c3ccc(Cl)c(Cl)c3)ccc2C1=NNc1cccc(-c2cccc(C(=O)O)c2)c1O. The van der Waals surface area contributed by atoms with Gasteiger partial charge in [-0.3, -0.25) is 10.2 Å². The molecule has 1 aliphatic heterocycles. The van der Waals surface area contributed by atoms with Crippen LogP contribution < -0.4 is 10.7 Å². The van der Waals surface area contributed by atoms with Crippen LogP contribution in [0.5, 0.6) is 5.75 Å². The highest BCUT2D eigenvalue weighted by atomic mass is 35.5. The number of phenols is 1. The predicted octanol–water partition coefficient (Wildman–Crippen LogP) is 6.50. The summed E-state index contributed by atoms with van der Waals surface area (Å²) in [5, 5.41) is 28.0. The summed E-state index contributed by atoms with van der Waals surface area (Å²) in [6.07, 6.45) is 0. The molecule has 0 unspecified atom stereocenters. The number of para-hydroxylation sites is 1. The number of aromatic carboxylic acids is 1. The van der Waals surface area contributed by atoms with Crippen LogP contribution >= 0.6 is 23.2 Å². The van der Waals surface area contributed by atoms with E-state index < -0.39 is 11.9 Å². The number of aromatic hydroxyl groups is 1. The van der Waals surface area contributed by atoms with Gasteiger partial charge in [0.15, 0.2) is 5.71 Å². The van der Waals surface area contributed by atoms with Gasteiger partial charge in [0.1, 0.15) is 5.75 Å². The lowest BCUT2D eigenvalue weighted by molar-refractivity contribution is -0.110. The van der Waals surface area contributed by atoms with Crippen molar-refractivity contribution in [1.82, 2.24) is 0 Å². The first-order chi connectivity index (χ1) is 17.3. The molecule has 178 valence electrons. The number of fused-ring (bicyclic) bond motifs is 1. The summed E-state index contributed by atoms with van der Waals surface area (Å²) in [7, 11) is 0. The molecule has 0 spiro atoms. The second-order valence-corrected chi connectivity index (χ2v) is 8.82. The largest absolute Gasteiger partial charge is 0.505 e. The van der Waals surface area contributed by atoms with Crippen molar-refractivity contribution in [2.24, 2.45) is 5.10 Å². The van der Waals surface area contributed by atoms with Gasteiger partial charge in [-0.05, 0) is 59.2 Å². The van der Waals surface area contributed by atoms with Gasteiger partial charge < -0.3 is 15.5 Å². The Morgan fingerprint density at radius 3 is 2.36 bits per heavy atom. The van der Waals surface area contributed by atoms with E-state index in [9.17, 15) is 19.8 Å². The van der Waals surface area contributed by atoms with Crippen LogP contribution in [-0.4, -0.2) is 27.8 Å². The van der Waals surface area contributed by atoms with Crippen LogP contribution in [0, 0.1) is 0 Å². The molecule has 0 atom stereocenters. The third-order valence-corrected chi connectivity index (χ3v) is 6.47. The average Bonchev–Trinajstić information content (AvgIpc) is 3.19. The number of rotatable bonds is 5. The number of hydrazone groups is 1. The summed E-state index contributed by atoms with van der Waals surface area (Å²) >= 11 is 12.1. The molecule has 0 saturated carbocycles. The minimum Gasteiger partial charge on any atom is -0.505 e. The summed E-state index contributed by atoms with van der Waals surface area (Å²) in [5.74, 6) is -1.59. The van der Waals surface area contributed by atoms with Crippen molar-refractivity contribution in [3.63, 3.8) is 0 Å². The van der Waals surface area contributed by atoms with Crippen LogP contribution in [0.25, 0.3) is 22.3 Å². The molecule has 0 bridgehead atoms. The lowest BCUT2D eigenvalue weighted by Crippen LogP contribution is -2.15. The molecule has 1 amide bonds. The van der Waals surface area contributed by atoms with Crippen molar-refractivity contribution >= 4 is 52.2 Å². The van der Waals surface area contributed by atoms with Gasteiger partial charge in [-0.25, -0.2) is 4.79 Å². The molecule has 1 aliphatic rings. The molecule has 0 aromatic heterocycles. The fraction of sp³-hybridized carbons (Fsp3) is 0. The number of phenolic OH excluding ortho intramolecular Hbond substituents is 1. The van der Waals surface area contributed by atoms with E-state index in [0.29, 0.717) is 32.4 Å². The Kier molecular flexibility index (Phi) is 6.10. The number of carboxylic acid groups (broad SMARTS) is 1. The molecule has 0 saturated heterocycles. The van der Waals surface area contributed by atoms with Crippen LogP contribution in [0.15, 0.2) is 84.0 Å². The molecule has 1 heterocycles. The second kappa shape index (κ2) is 9.37. The summed E-state index contributed by atoms with van der Waals surface area (Å²) in [6.45, 7) is 0. The summed E-state index contributed by atoms with van der Waals surface area (Å²) in [5.41, 5.74) is 7.11. The number of hydrogen-bond acceptors (Lipinski definition) is 5.